The summed E-state index contributed by atoms with van der Waals surface area (Å²) < 4.78 is 0. The Morgan fingerprint density at radius 2 is 1.87 bits per heavy atom. The zero-order valence-corrected chi connectivity index (χ0v) is 13.1. The van der Waals surface area contributed by atoms with E-state index in [9.17, 15) is 4.79 Å². The first-order valence-electron chi connectivity index (χ1n) is 8.05. The molecule has 0 aliphatic carbocycles. The molecule has 1 saturated heterocycles. The van der Waals surface area contributed by atoms with Crippen LogP contribution < -0.4 is 0 Å². The van der Waals surface area contributed by atoms with Gasteiger partial charge < -0.3 is 0 Å². The molecule has 0 spiro atoms. The zero-order valence-electron chi connectivity index (χ0n) is 13.1. The molecule has 1 aliphatic rings. The Morgan fingerprint density at radius 3 is 2.52 bits per heavy atom. The topological polar surface area (TPSA) is 44.1 Å². The highest BCUT2D eigenvalue weighted by molar-refractivity contribution is 5.78. The van der Waals surface area contributed by atoms with Crippen LogP contribution in [-0.4, -0.2) is 24.3 Å². The summed E-state index contributed by atoms with van der Waals surface area (Å²) in [6.07, 6.45) is 2.77. The van der Waals surface area contributed by atoms with Crippen LogP contribution in [0.4, 0.5) is 0 Å². The first-order chi connectivity index (χ1) is 11.3. The number of aldehydes is 1. The molecule has 1 fully saturated rings. The molecular weight excluding hydrogens is 284 g/mol. The van der Waals surface area contributed by atoms with E-state index in [4.69, 9.17) is 5.26 Å². The Labute approximate surface area is 137 Å². The summed E-state index contributed by atoms with van der Waals surface area (Å²) in [6.45, 7) is 2.71. The molecule has 0 atom stereocenters. The fourth-order valence-corrected chi connectivity index (χ4v) is 3.18. The monoisotopic (exact) mass is 304 g/mol. The number of hydrogen-bond acceptors (Lipinski definition) is 3. The molecule has 0 amide bonds. The highest BCUT2D eigenvalue weighted by Crippen LogP contribution is 2.27. The van der Waals surface area contributed by atoms with Crippen LogP contribution >= 0.6 is 0 Å². The molecule has 2 aromatic carbocycles. The van der Waals surface area contributed by atoms with E-state index in [0.29, 0.717) is 5.56 Å². The molecular formula is C20H20N2O. The fraction of sp³-hybridized carbons (Fsp3) is 0.300. The first-order valence-corrected chi connectivity index (χ1v) is 8.05. The van der Waals surface area contributed by atoms with Crippen molar-refractivity contribution < 1.29 is 4.79 Å². The van der Waals surface area contributed by atoms with Gasteiger partial charge in [0.1, 0.15) is 6.29 Å². The highest BCUT2D eigenvalue weighted by Gasteiger charge is 2.19. The van der Waals surface area contributed by atoms with Gasteiger partial charge in [0.05, 0.1) is 6.07 Å². The lowest BCUT2D eigenvalue weighted by Gasteiger charge is -2.29. The second kappa shape index (κ2) is 7.21. The number of benzene rings is 2. The van der Waals surface area contributed by atoms with E-state index in [-0.39, 0.29) is 5.92 Å². The Morgan fingerprint density at radius 1 is 1.13 bits per heavy atom. The Kier molecular flexibility index (Phi) is 4.85. The third-order valence-electron chi connectivity index (χ3n) is 4.51. The van der Waals surface area contributed by atoms with Crippen molar-refractivity contribution in [1.29, 1.82) is 5.26 Å². The number of nitrogens with zero attached hydrogens (tertiary/aromatic N) is 2. The predicted octanol–water partition coefficient (Wildman–Crippen LogP) is 3.90. The molecule has 0 saturated carbocycles. The number of likely N-dealkylation sites (tertiary alicyclic amines) is 1. The van der Waals surface area contributed by atoms with Gasteiger partial charge in [0.25, 0.3) is 0 Å². The smallest absolute Gasteiger partial charge is 0.150 e. The molecule has 3 nitrogen and oxygen atoms in total. The lowest BCUT2D eigenvalue weighted by molar-refractivity contribution is 0.112. The SMILES string of the molecule is N#CC1CCN(Cc2cc(C=O)ccc2-c2ccccc2)CC1. The maximum absolute atomic E-state index is 11.1. The van der Waals surface area contributed by atoms with E-state index in [2.05, 4.69) is 23.1 Å². The molecule has 0 N–H and O–H groups in total. The molecule has 0 aromatic heterocycles. The molecule has 0 unspecified atom stereocenters. The third-order valence-corrected chi connectivity index (χ3v) is 4.51. The average Bonchev–Trinajstić information content (AvgIpc) is 2.63. The van der Waals surface area contributed by atoms with Gasteiger partial charge in [-0.25, -0.2) is 0 Å². The minimum atomic E-state index is 0.196. The van der Waals surface area contributed by atoms with Crippen molar-refractivity contribution >= 4 is 6.29 Å². The van der Waals surface area contributed by atoms with Crippen molar-refractivity contribution in [2.24, 2.45) is 5.92 Å². The molecule has 1 heterocycles. The quantitative estimate of drug-likeness (QED) is 0.805. The van der Waals surface area contributed by atoms with Crippen molar-refractivity contribution in [2.45, 2.75) is 19.4 Å². The van der Waals surface area contributed by atoms with Crippen molar-refractivity contribution in [1.82, 2.24) is 4.90 Å². The minimum absolute atomic E-state index is 0.196. The summed E-state index contributed by atoms with van der Waals surface area (Å²) in [6, 6.07) is 18.5. The molecule has 0 radical (unpaired) electrons. The second-order valence-corrected chi connectivity index (χ2v) is 6.08. The van der Waals surface area contributed by atoms with Gasteiger partial charge in [0.2, 0.25) is 0 Å². The number of rotatable bonds is 4. The van der Waals surface area contributed by atoms with Gasteiger partial charge in [0.15, 0.2) is 0 Å². The van der Waals surface area contributed by atoms with E-state index in [1.165, 1.54) is 16.7 Å². The molecule has 3 rings (SSSR count). The lowest BCUT2D eigenvalue weighted by atomic mass is 9.95. The predicted molar refractivity (Wildman–Crippen MR) is 90.9 cm³/mol. The van der Waals surface area contributed by atoms with E-state index in [1.54, 1.807) is 0 Å². The van der Waals surface area contributed by atoms with Gasteiger partial charge in [-0.15, -0.1) is 0 Å². The molecule has 3 heteroatoms. The van der Waals surface area contributed by atoms with Crippen LogP contribution in [0.3, 0.4) is 0 Å². The normalized spacial score (nSPS) is 16.0. The van der Waals surface area contributed by atoms with Crippen LogP contribution in [0.5, 0.6) is 0 Å². The first kappa shape index (κ1) is 15.5. The van der Waals surface area contributed by atoms with Crippen molar-refractivity contribution in [3.05, 3.63) is 59.7 Å². The third kappa shape index (κ3) is 3.67. The maximum atomic E-state index is 11.1. The minimum Gasteiger partial charge on any atom is -0.299 e. The van der Waals surface area contributed by atoms with Crippen molar-refractivity contribution in [2.75, 3.05) is 13.1 Å². The van der Waals surface area contributed by atoms with Gasteiger partial charge in [-0.05, 0) is 48.7 Å². The van der Waals surface area contributed by atoms with Crippen LogP contribution in [0.1, 0.15) is 28.8 Å². The summed E-state index contributed by atoms with van der Waals surface area (Å²) in [7, 11) is 0. The van der Waals surface area contributed by atoms with Crippen LogP contribution in [-0.2, 0) is 6.54 Å². The highest BCUT2D eigenvalue weighted by atomic mass is 16.1. The Hall–Kier alpha value is -2.44. The number of carbonyl (C=O) groups excluding carboxylic acids is 1. The summed E-state index contributed by atoms with van der Waals surface area (Å²) in [5, 5.41) is 9.02. The number of carbonyl (C=O) groups is 1. The Balaban J connectivity index is 1.85. The van der Waals surface area contributed by atoms with Crippen molar-refractivity contribution in [3.8, 4) is 17.2 Å². The second-order valence-electron chi connectivity index (χ2n) is 6.08. The summed E-state index contributed by atoms with van der Waals surface area (Å²) in [4.78, 5) is 13.5. The van der Waals surface area contributed by atoms with Crippen LogP contribution in [0.25, 0.3) is 11.1 Å². The zero-order chi connectivity index (χ0) is 16.1. The summed E-state index contributed by atoms with van der Waals surface area (Å²) in [5.41, 5.74) is 4.24. The molecule has 0 bridgehead atoms. The summed E-state index contributed by atoms with van der Waals surface area (Å²) >= 11 is 0. The van der Waals surface area contributed by atoms with Crippen molar-refractivity contribution in [3.63, 3.8) is 0 Å². The maximum Gasteiger partial charge on any atom is 0.150 e. The Bertz CT molecular complexity index is 710. The number of hydrogen-bond donors (Lipinski definition) is 0. The van der Waals surface area contributed by atoms with Gasteiger partial charge in [0, 0.05) is 18.0 Å². The number of piperidine rings is 1. The summed E-state index contributed by atoms with van der Waals surface area (Å²) in [5.74, 6) is 0.196. The van der Waals surface area contributed by atoms with Gasteiger partial charge in [-0.2, -0.15) is 5.26 Å². The van der Waals surface area contributed by atoms with Crippen LogP contribution in [0, 0.1) is 17.2 Å². The molecule has 23 heavy (non-hydrogen) atoms. The lowest BCUT2D eigenvalue weighted by Crippen LogP contribution is -2.32. The molecule has 116 valence electrons. The number of nitriles is 1. The van der Waals surface area contributed by atoms with Crippen LogP contribution in [0.2, 0.25) is 0 Å². The van der Waals surface area contributed by atoms with E-state index in [1.807, 2.05) is 36.4 Å². The van der Waals surface area contributed by atoms with E-state index < -0.39 is 0 Å². The molecule has 2 aromatic rings. The molecule has 1 aliphatic heterocycles. The average molecular weight is 304 g/mol. The van der Waals surface area contributed by atoms with Crippen LogP contribution in [0.15, 0.2) is 48.5 Å². The standard InChI is InChI=1S/C20H20N2O/c21-13-16-8-10-22(11-9-16)14-19-12-17(15-23)6-7-20(19)18-4-2-1-3-5-18/h1-7,12,15-16H,8-11,14H2. The van der Waals surface area contributed by atoms with Gasteiger partial charge in [-0.1, -0.05) is 42.5 Å². The largest absolute Gasteiger partial charge is 0.299 e. The van der Waals surface area contributed by atoms with E-state index in [0.717, 1.165) is 38.8 Å². The van der Waals surface area contributed by atoms with Gasteiger partial charge >= 0.3 is 0 Å². The van der Waals surface area contributed by atoms with Gasteiger partial charge in [-0.3, -0.25) is 9.69 Å². The van der Waals surface area contributed by atoms with E-state index >= 15 is 0 Å². The fourth-order valence-electron chi connectivity index (χ4n) is 3.18.